The lowest BCUT2D eigenvalue weighted by molar-refractivity contribution is -0.148. The van der Waals surface area contributed by atoms with E-state index in [4.69, 9.17) is 4.74 Å². The predicted octanol–water partition coefficient (Wildman–Crippen LogP) is 3.98. The molecule has 0 bridgehead atoms. The zero-order chi connectivity index (χ0) is 20.1. The van der Waals surface area contributed by atoms with Crippen LogP contribution in [0.15, 0.2) is 48.5 Å². The molecule has 0 spiro atoms. The number of aryl methyl sites for hydroxylation is 1. The Morgan fingerprint density at radius 2 is 1.89 bits per heavy atom. The van der Waals surface area contributed by atoms with Gasteiger partial charge in [0.25, 0.3) is 5.91 Å². The van der Waals surface area contributed by atoms with Gasteiger partial charge in [0.15, 0.2) is 6.61 Å². The molecule has 7 heteroatoms. The summed E-state index contributed by atoms with van der Waals surface area (Å²) in [5.74, 6) is -1.18. The summed E-state index contributed by atoms with van der Waals surface area (Å²) in [6.45, 7) is -0.462. The van der Waals surface area contributed by atoms with Crippen LogP contribution in [0.2, 0.25) is 0 Å². The third-order valence-electron chi connectivity index (χ3n) is 4.67. The van der Waals surface area contributed by atoms with E-state index in [0.29, 0.717) is 0 Å². The highest BCUT2D eigenvalue weighted by molar-refractivity contribution is 5.81. The van der Waals surface area contributed by atoms with E-state index in [-0.39, 0.29) is 18.0 Å². The SMILES string of the molecule is O=C(COC(=O)Cc1cccc(C(F)(F)F)c1)N[C@@H]1CCCc2ccccc21. The molecule has 1 aliphatic rings. The molecule has 2 aromatic carbocycles. The molecule has 2 aromatic rings. The van der Waals surface area contributed by atoms with Gasteiger partial charge in [0, 0.05) is 0 Å². The van der Waals surface area contributed by atoms with Crippen LogP contribution in [0.25, 0.3) is 0 Å². The van der Waals surface area contributed by atoms with Crippen LogP contribution in [0.4, 0.5) is 13.2 Å². The third-order valence-corrected chi connectivity index (χ3v) is 4.67. The van der Waals surface area contributed by atoms with E-state index in [0.717, 1.165) is 37.0 Å². The molecular weight excluding hydrogens is 371 g/mol. The lowest BCUT2D eigenvalue weighted by Crippen LogP contribution is -2.34. The summed E-state index contributed by atoms with van der Waals surface area (Å²) in [6, 6.07) is 12.2. The predicted molar refractivity (Wildman–Crippen MR) is 96.4 cm³/mol. The number of ether oxygens (including phenoxy) is 1. The molecular formula is C21H20F3NO3. The van der Waals surface area contributed by atoms with Crippen LogP contribution in [0, 0.1) is 0 Å². The van der Waals surface area contributed by atoms with Gasteiger partial charge in [0.05, 0.1) is 18.0 Å². The summed E-state index contributed by atoms with van der Waals surface area (Å²) in [4.78, 5) is 24.0. The zero-order valence-electron chi connectivity index (χ0n) is 15.1. The normalized spacial score (nSPS) is 16.2. The first-order valence-electron chi connectivity index (χ1n) is 9.02. The van der Waals surface area contributed by atoms with Crippen LogP contribution < -0.4 is 5.32 Å². The molecule has 0 heterocycles. The second-order valence-corrected chi connectivity index (χ2v) is 6.75. The number of fused-ring (bicyclic) bond motifs is 1. The molecule has 0 aromatic heterocycles. The average Bonchev–Trinajstić information content (AvgIpc) is 2.66. The molecule has 1 N–H and O–H groups in total. The summed E-state index contributed by atoms with van der Waals surface area (Å²) >= 11 is 0. The molecule has 148 valence electrons. The highest BCUT2D eigenvalue weighted by Gasteiger charge is 2.30. The van der Waals surface area contributed by atoms with Gasteiger partial charge in [-0.3, -0.25) is 9.59 Å². The lowest BCUT2D eigenvalue weighted by Gasteiger charge is -2.26. The number of hydrogen-bond donors (Lipinski definition) is 1. The lowest BCUT2D eigenvalue weighted by atomic mass is 9.88. The summed E-state index contributed by atoms with van der Waals surface area (Å²) < 4.78 is 43.1. The molecule has 0 radical (unpaired) electrons. The van der Waals surface area contributed by atoms with Gasteiger partial charge in [-0.15, -0.1) is 0 Å². The van der Waals surface area contributed by atoms with Crippen molar-refractivity contribution >= 4 is 11.9 Å². The highest BCUT2D eigenvalue weighted by Crippen LogP contribution is 2.30. The van der Waals surface area contributed by atoms with Crippen LogP contribution in [-0.2, 0) is 33.3 Å². The number of carbonyl (C=O) groups excluding carboxylic acids is 2. The van der Waals surface area contributed by atoms with E-state index in [1.807, 2.05) is 24.3 Å². The fraction of sp³-hybridized carbons (Fsp3) is 0.333. The Hall–Kier alpha value is -2.83. The van der Waals surface area contributed by atoms with E-state index < -0.39 is 30.2 Å². The Kier molecular flexibility index (Phi) is 6.02. The minimum Gasteiger partial charge on any atom is -0.455 e. The fourth-order valence-corrected chi connectivity index (χ4v) is 3.36. The van der Waals surface area contributed by atoms with E-state index in [9.17, 15) is 22.8 Å². The monoisotopic (exact) mass is 391 g/mol. The number of carbonyl (C=O) groups is 2. The van der Waals surface area contributed by atoms with E-state index in [2.05, 4.69) is 5.32 Å². The average molecular weight is 391 g/mol. The molecule has 3 rings (SSSR count). The van der Waals surface area contributed by atoms with Crippen molar-refractivity contribution < 1.29 is 27.5 Å². The topological polar surface area (TPSA) is 55.4 Å². The highest BCUT2D eigenvalue weighted by atomic mass is 19.4. The second-order valence-electron chi connectivity index (χ2n) is 6.75. The molecule has 1 atom stereocenters. The number of benzene rings is 2. The molecule has 0 saturated carbocycles. The number of esters is 1. The third kappa shape index (κ3) is 5.12. The maximum absolute atomic E-state index is 12.7. The summed E-state index contributed by atoms with van der Waals surface area (Å²) in [6.07, 6.45) is -2.08. The summed E-state index contributed by atoms with van der Waals surface area (Å²) in [7, 11) is 0. The minimum absolute atomic E-state index is 0.125. The Labute approximate surface area is 160 Å². The van der Waals surface area contributed by atoms with Gasteiger partial charge in [0.2, 0.25) is 0 Å². The van der Waals surface area contributed by atoms with Gasteiger partial charge >= 0.3 is 12.1 Å². The zero-order valence-corrected chi connectivity index (χ0v) is 15.1. The van der Waals surface area contributed by atoms with Crippen LogP contribution in [0.1, 0.15) is 41.1 Å². The Balaban J connectivity index is 1.51. The summed E-state index contributed by atoms with van der Waals surface area (Å²) in [5, 5.41) is 2.86. The second kappa shape index (κ2) is 8.46. The number of halogens is 3. The quantitative estimate of drug-likeness (QED) is 0.785. The first-order valence-corrected chi connectivity index (χ1v) is 9.02. The molecule has 28 heavy (non-hydrogen) atoms. The summed E-state index contributed by atoms with van der Waals surface area (Å²) in [5.41, 5.74) is 1.62. The van der Waals surface area contributed by atoms with Gasteiger partial charge in [-0.05, 0) is 42.0 Å². The maximum Gasteiger partial charge on any atom is 0.416 e. The largest absolute Gasteiger partial charge is 0.455 e. The van der Waals surface area contributed by atoms with Gasteiger partial charge in [0.1, 0.15) is 0 Å². The van der Waals surface area contributed by atoms with Gasteiger partial charge < -0.3 is 10.1 Å². The number of rotatable bonds is 5. The van der Waals surface area contributed by atoms with Crippen molar-refractivity contribution in [2.45, 2.75) is 37.9 Å². The van der Waals surface area contributed by atoms with Gasteiger partial charge in [-0.25, -0.2) is 0 Å². The van der Waals surface area contributed by atoms with Crippen molar-refractivity contribution in [3.05, 3.63) is 70.8 Å². The van der Waals surface area contributed by atoms with Crippen molar-refractivity contribution in [3.8, 4) is 0 Å². The standard InChI is InChI=1S/C21H20F3NO3/c22-21(23,24)16-8-3-5-14(11-16)12-20(27)28-13-19(26)25-18-10-4-7-15-6-1-2-9-17(15)18/h1-3,5-6,8-9,11,18H,4,7,10,12-13H2,(H,25,26)/t18-/m1/s1. The van der Waals surface area contributed by atoms with Crippen molar-refractivity contribution in [2.24, 2.45) is 0 Å². The molecule has 1 aliphatic carbocycles. The number of hydrogen-bond acceptors (Lipinski definition) is 3. The number of amides is 1. The Morgan fingerprint density at radius 1 is 1.11 bits per heavy atom. The molecule has 4 nitrogen and oxygen atoms in total. The fourth-order valence-electron chi connectivity index (χ4n) is 3.36. The minimum atomic E-state index is -4.48. The molecule has 1 amide bonds. The number of nitrogens with one attached hydrogen (secondary N) is 1. The van der Waals surface area contributed by atoms with Crippen molar-refractivity contribution in [2.75, 3.05) is 6.61 Å². The maximum atomic E-state index is 12.7. The number of alkyl halides is 3. The first-order chi connectivity index (χ1) is 13.3. The van der Waals surface area contributed by atoms with Gasteiger partial charge in [-0.2, -0.15) is 13.2 Å². The van der Waals surface area contributed by atoms with Crippen LogP contribution in [0.3, 0.4) is 0 Å². The van der Waals surface area contributed by atoms with E-state index >= 15 is 0 Å². The van der Waals surface area contributed by atoms with Crippen LogP contribution in [0.5, 0.6) is 0 Å². The van der Waals surface area contributed by atoms with Crippen molar-refractivity contribution in [3.63, 3.8) is 0 Å². The first kappa shape index (κ1) is 19.9. The molecule has 0 fully saturated rings. The smallest absolute Gasteiger partial charge is 0.416 e. The van der Waals surface area contributed by atoms with E-state index in [1.54, 1.807) is 0 Å². The van der Waals surface area contributed by atoms with Crippen molar-refractivity contribution in [1.82, 2.24) is 5.32 Å². The molecule has 0 unspecified atom stereocenters. The Bertz CT molecular complexity index is 864. The van der Waals surface area contributed by atoms with Crippen LogP contribution in [-0.4, -0.2) is 18.5 Å². The van der Waals surface area contributed by atoms with E-state index in [1.165, 1.54) is 17.7 Å². The van der Waals surface area contributed by atoms with Crippen molar-refractivity contribution in [1.29, 1.82) is 0 Å². The van der Waals surface area contributed by atoms with Crippen LogP contribution >= 0.6 is 0 Å². The van der Waals surface area contributed by atoms with Gasteiger partial charge in [-0.1, -0.05) is 42.5 Å². The Morgan fingerprint density at radius 3 is 2.68 bits per heavy atom. The molecule has 0 aliphatic heterocycles. The molecule has 0 saturated heterocycles.